The summed E-state index contributed by atoms with van der Waals surface area (Å²) >= 11 is 2.48. The molecule has 0 aliphatic heterocycles. The third kappa shape index (κ3) is 4.74. The van der Waals surface area contributed by atoms with Gasteiger partial charge in [-0.2, -0.15) is 0 Å². The van der Waals surface area contributed by atoms with E-state index in [4.69, 9.17) is 8.94 Å². The summed E-state index contributed by atoms with van der Waals surface area (Å²) in [4.78, 5) is 26.0. The minimum absolute atomic E-state index is 0.0406. The second kappa shape index (κ2) is 8.82. The molecular formula is C16H17N5O4S2. The van der Waals surface area contributed by atoms with Gasteiger partial charge in [0.2, 0.25) is 16.8 Å². The van der Waals surface area contributed by atoms with Gasteiger partial charge in [0.05, 0.1) is 12.0 Å². The molecule has 3 aromatic heterocycles. The molecule has 27 heavy (non-hydrogen) atoms. The van der Waals surface area contributed by atoms with Crippen molar-refractivity contribution in [2.24, 2.45) is 0 Å². The van der Waals surface area contributed by atoms with Crippen molar-refractivity contribution in [3.05, 3.63) is 30.2 Å². The molecule has 142 valence electrons. The molecule has 0 saturated carbocycles. The summed E-state index contributed by atoms with van der Waals surface area (Å²) in [5.41, 5.74) is 0.0996. The number of anilines is 1. The molecule has 1 N–H and O–H groups in total. The van der Waals surface area contributed by atoms with E-state index in [1.165, 1.54) is 35.4 Å². The summed E-state index contributed by atoms with van der Waals surface area (Å²) in [7, 11) is 0. The standard InChI is InChI=1S/C16H17N5O4S2/c1-3-21(4-2)13(22)9-26-16-19-18-15(27-16)17-14(23)10-8-12(25-20-10)11-6-5-7-24-11/h5-8H,3-4,9H2,1-2H3,(H,17,18,23). The molecule has 2 amide bonds. The average Bonchev–Trinajstić information content (AvgIpc) is 3.41. The zero-order valence-electron chi connectivity index (χ0n) is 14.7. The first-order valence-corrected chi connectivity index (χ1v) is 9.97. The van der Waals surface area contributed by atoms with Crippen LogP contribution in [-0.2, 0) is 4.79 Å². The van der Waals surface area contributed by atoms with Gasteiger partial charge in [0.25, 0.3) is 5.91 Å². The molecule has 0 spiro atoms. The van der Waals surface area contributed by atoms with Gasteiger partial charge < -0.3 is 13.8 Å². The zero-order valence-corrected chi connectivity index (χ0v) is 16.3. The maximum atomic E-state index is 12.2. The lowest BCUT2D eigenvalue weighted by Gasteiger charge is -2.17. The fraction of sp³-hybridized carbons (Fsp3) is 0.312. The van der Waals surface area contributed by atoms with E-state index in [0.717, 1.165) is 0 Å². The molecule has 0 aliphatic carbocycles. The number of thioether (sulfide) groups is 1. The van der Waals surface area contributed by atoms with E-state index in [1.807, 2.05) is 13.8 Å². The van der Waals surface area contributed by atoms with Crippen molar-refractivity contribution in [1.29, 1.82) is 0 Å². The first kappa shape index (κ1) is 19.1. The third-order valence-corrected chi connectivity index (χ3v) is 5.53. The summed E-state index contributed by atoms with van der Waals surface area (Å²) in [5, 5.41) is 14.6. The Balaban J connectivity index is 1.56. The number of furan rings is 1. The van der Waals surface area contributed by atoms with E-state index < -0.39 is 5.91 Å². The van der Waals surface area contributed by atoms with E-state index in [1.54, 1.807) is 17.0 Å². The molecule has 3 rings (SSSR count). The van der Waals surface area contributed by atoms with Crippen LogP contribution in [0.15, 0.2) is 37.7 Å². The van der Waals surface area contributed by atoms with Crippen molar-refractivity contribution in [2.45, 2.75) is 18.2 Å². The first-order chi connectivity index (χ1) is 13.1. The van der Waals surface area contributed by atoms with Crippen LogP contribution in [0.4, 0.5) is 5.13 Å². The molecule has 3 heterocycles. The topological polar surface area (TPSA) is 114 Å². The SMILES string of the molecule is CCN(CC)C(=O)CSc1nnc(NC(=O)c2cc(-c3ccco3)on2)s1. The molecule has 11 heteroatoms. The largest absolute Gasteiger partial charge is 0.461 e. The first-order valence-electron chi connectivity index (χ1n) is 8.16. The van der Waals surface area contributed by atoms with Crippen molar-refractivity contribution in [1.82, 2.24) is 20.3 Å². The second-order valence-electron chi connectivity index (χ2n) is 5.24. The smallest absolute Gasteiger partial charge is 0.279 e. The van der Waals surface area contributed by atoms with Crippen LogP contribution in [0, 0.1) is 0 Å². The van der Waals surface area contributed by atoms with Gasteiger partial charge in [-0.25, -0.2) is 0 Å². The van der Waals surface area contributed by atoms with Crippen molar-refractivity contribution < 1.29 is 18.5 Å². The van der Waals surface area contributed by atoms with Gasteiger partial charge in [0.15, 0.2) is 15.8 Å². The summed E-state index contributed by atoms with van der Waals surface area (Å²) < 4.78 is 10.9. The minimum Gasteiger partial charge on any atom is -0.461 e. The highest BCUT2D eigenvalue weighted by atomic mass is 32.2. The number of nitrogens with one attached hydrogen (secondary N) is 1. The Morgan fingerprint density at radius 2 is 2.07 bits per heavy atom. The molecule has 0 unspecified atom stereocenters. The maximum absolute atomic E-state index is 12.2. The lowest BCUT2D eigenvalue weighted by atomic mass is 10.3. The van der Waals surface area contributed by atoms with Gasteiger partial charge in [-0.1, -0.05) is 28.3 Å². The third-order valence-electron chi connectivity index (χ3n) is 3.57. The highest BCUT2D eigenvalue weighted by molar-refractivity contribution is 8.01. The minimum atomic E-state index is -0.469. The summed E-state index contributed by atoms with van der Waals surface area (Å²) in [6.07, 6.45) is 1.50. The van der Waals surface area contributed by atoms with Gasteiger partial charge in [-0.05, 0) is 26.0 Å². The van der Waals surface area contributed by atoms with Crippen molar-refractivity contribution in [3.63, 3.8) is 0 Å². The predicted octanol–water partition coefficient (Wildman–Crippen LogP) is 3.00. The molecule has 0 aliphatic rings. The van der Waals surface area contributed by atoms with Crippen molar-refractivity contribution >= 4 is 40.0 Å². The van der Waals surface area contributed by atoms with Crippen LogP contribution in [0.2, 0.25) is 0 Å². The molecular weight excluding hydrogens is 390 g/mol. The van der Waals surface area contributed by atoms with Gasteiger partial charge in [-0.3, -0.25) is 14.9 Å². The average molecular weight is 407 g/mol. The highest BCUT2D eigenvalue weighted by Gasteiger charge is 2.18. The number of amides is 2. The van der Waals surface area contributed by atoms with E-state index in [2.05, 4.69) is 20.7 Å². The number of nitrogens with zero attached hydrogens (tertiary/aromatic N) is 4. The molecule has 0 bridgehead atoms. The molecule has 3 aromatic rings. The number of hydrogen-bond donors (Lipinski definition) is 1. The summed E-state index contributed by atoms with van der Waals surface area (Å²) in [6, 6.07) is 4.90. The molecule has 0 radical (unpaired) electrons. The normalized spacial score (nSPS) is 10.7. The molecule has 9 nitrogen and oxygen atoms in total. The molecule has 0 saturated heterocycles. The second-order valence-corrected chi connectivity index (χ2v) is 7.44. The van der Waals surface area contributed by atoms with Crippen LogP contribution in [0.1, 0.15) is 24.3 Å². The highest BCUT2D eigenvalue weighted by Crippen LogP contribution is 2.26. The molecule has 0 atom stereocenters. The molecule has 0 aromatic carbocycles. The van der Waals surface area contributed by atoms with Gasteiger partial charge in [0.1, 0.15) is 0 Å². The zero-order chi connectivity index (χ0) is 19.2. The summed E-state index contributed by atoms with van der Waals surface area (Å²) in [6.45, 7) is 5.22. The lowest BCUT2D eigenvalue weighted by Crippen LogP contribution is -2.31. The number of rotatable bonds is 8. The van der Waals surface area contributed by atoms with Crippen LogP contribution >= 0.6 is 23.1 Å². The number of aromatic nitrogens is 3. The number of carbonyl (C=O) groups is 2. The predicted molar refractivity (Wildman–Crippen MR) is 101 cm³/mol. The lowest BCUT2D eigenvalue weighted by molar-refractivity contribution is -0.127. The van der Waals surface area contributed by atoms with E-state index in [-0.39, 0.29) is 17.4 Å². The monoisotopic (exact) mass is 407 g/mol. The number of carbonyl (C=O) groups excluding carboxylic acids is 2. The van der Waals surface area contributed by atoms with Crippen molar-refractivity contribution in [3.8, 4) is 11.5 Å². The van der Waals surface area contributed by atoms with E-state index in [0.29, 0.717) is 34.1 Å². The van der Waals surface area contributed by atoms with Crippen LogP contribution in [0.5, 0.6) is 0 Å². The Labute approximate surface area is 163 Å². The Morgan fingerprint density at radius 1 is 1.26 bits per heavy atom. The Kier molecular flexibility index (Phi) is 6.24. The molecule has 0 fully saturated rings. The van der Waals surface area contributed by atoms with Gasteiger partial charge >= 0.3 is 0 Å². The van der Waals surface area contributed by atoms with Gasteiger partial charge in [-0.15, -0.1) is 10.2 Å². The van der Waals surface area contributed by atoms with Crippen LogP contribution in [0.25, 0.3) is 11.5 Å². The van der Waals surface area contributed by atoms with E-state index >= 15 is 0 Å². The van der Waals surface area contributed by atoms with Crippen molar-refractivity contribution in [2.75, 3.05) is 24.2 Å². The van der Waals surface area contributed by atoms with Crippen LogP contribution in [0.3, 0.4) is 0 Å². The number of hydrogen-bond acceptors (Lipinski definition) is 9. The fourth-order valence-corrected chi connectivity index (χ4v) is 3.84. The Hall–Kier alpha value is -2.66. The Morgan fingerprint density at radius 3 is 2.78 bits per heavy atom. The van der Waals surface area contributed by atoms with Crippen LogP contribution < -0.4 is 5.32 Å². The van der Waals surface area contributed by atoms with Crippen LogP contribution in [-0.4, -0.2) is 50.9 Å². The quantitative estimate of drug-likeness (QED) is 0.448. The van der Waals surface area contributed by atoms with E-state index in [9.17, 15) is 9.59 Å². The fourth-order valence-electron chi connectivity index (χ4n) is 2.19. The summed E-state index contributed by atoms with van der Waals surface area (Å²) in [5.74, 6) is 0.685. The Bertz CT molecular complexity index is 902. The maximum Gasteiger partial charge on any atom is 0.279 e. The van der Waals surface area contributed by atoms with Gasteiger partial charge in [0, 0.05) is 19.2 Å².